The molecule has 0 fully saturated rings. The molecule has 3 heteroatoms. The highest BCUT2D eigenvalue weighted by molar-refractivity contribution is 5.33. The number of rotatable bonds is 2. The maximum Gasteiger partial charge on any atom is 0.127 e. The third-order valence-electron chi connectivity index (χ3n) is 2.28. The summed E-state index contributed by atoms with van der Waals surface area (Å²) >= 11 is 0. The first kappa shape index (κ1) is 15.1. The fraction of sp³-hybridized carbons (Fsp3) is 0.143. The zero-order valence-electron chi connectivity index (χ0n) is 9.84. The van der Waals surface area contributed by atoms with Gasteiger partial charge in [0, 0.05) is 0 Å². The van der Waals surface area contributed by atoms with Crippen molar-refractivity contribution in [2.24, 2.45) is 0 Å². The fourth-order valence-electron chi connectivity index (χ4n) is 1.35. The van der Waals surface area contributed by atoms with Gasteiger partial charge in [-0.3, -0.25) is 9.41 Å². The van der Waals surface area contributed by atoms with E-state index in [0.717, 1.165) is 11.5 Å². The molecule has 0 amide bonds. The van der Waals surface area contributed by atoms with Gasteiger partial charge in [0.15, 0.2) is 0 Å². The van der Waals surface area contributed by atoms with Crippen LogP contribution in [0, 0.1) is 13.8 Å². The molecule has 0 N–H and O–H groups in total. The van der Waals surface area contributed by atoms with Crippen molar-refractivity contribution in [3.63, 3.8) is 0 Å². The topological polar surface area (TPSA) is 9.23 Å². The molecule has 0 radical (unpaired) electrons. The summed E-state index contributed by atoms with van der Waals surface area (Å²) < 4.78 is 5.69. The van der Waals surface area contributed by atoms with Crippen LogP contribution in [0.25, 0.3) is 0 Å². The molecule has 0 aliphatic carbocycles. The maximum absolute atomic E-state index is 5.69. The van der Waals surface area contributed by atoms with Gasteiger partial charge in [-0.1, -0.05) is 35.4 Å². The van der Waals surface area contributed by atoms with E-state index in [1.165, 1.54) is 11.1 Å². The highest BCUT2D eigenvalue weighted by Crippen LogP contribution is 2.21. The van der Waals surface area contributed by atoms with Crippen molar-refractivity contribution in [1.29, 1.82) is 0 Å². The lowest BCUT2D eigenvalue weighted by atomic mass is 10.2. The quantitative estimate of drug-likeness (QED) is 0.753. The first-order valence-electron chi connectivity index (χ1n) is 5.05. The normalized spacial score (nSPS) is 8.82. The average molecular weight is 238 g/mol. The lowest BCUT2D eigenvalue weighted by Gasteiger charge is -2.05. The molecule has 0 aliphatic rings. The molecule has 0 atom stereocenters. The number of benzene rings is 2. The fourth-order valence-corrected chi connectivity index (χ4v) is 1.35. The number of hydrogen-bond acceptors (Lipinski definition) is 1. The van der Waals surface area contributed by atoms with Gasteiger partial charge < -0.3 is 4.74 Å². The summed E-state index contributed by atoms with van der Waals surface area (Å²) in [4.78, 5) is 0. The standard InChI is InChI=1S/C14H14O.2FH/c1-11-3-7-13(8-4-11)15-14-9-5-12(2)6-10-14;;/h3-10H,1-2H3;2*1H. The molecule has 92 valence electrons. The van der Waals surface area contributed by atoms with Gasteiger partial charge in [0.25, 0.3) is 0 Å². The second kappa shape index (κ2) is 6.63. The van der Waals surface area contributed by atoms with Crippen LogP contribution in [0.15, 0.2) is 48.5 Å². The summed E-state index contributed by atoms with van der Waals surface area (Å²) in [5, 5.41) is 0. The summed E-state index contributed by atoms with van der Waals surface area (Å²) in [6.07, 6.45) is 0. The Morgan fingerprint density at radius 2 is 0.882 bits per heavy atom. The molecule has 0 unspecified atom stereocenters. The Morgan fingerprint density at radius 3 is 1.18 bits per heavy atom. The van der Waals surface area contributed by atoms with Crippen LogP contribution in [-0.4, -0.2) is 0 Å². The molecule has 2 aromatic rings. The zero-order chi connectivity index (χ0) is 10.7. The second-order valence-electron chi connectivity index (χ2n) is 3.73. The van der Waals surface area contributed by atoms with Gasteiger partial charge in [-0.25, -0.2) is 0 Å². The molecule has 0 saturated carbocycles. The van der Waals surface area contributed by atoms with Crippen molar-refractivity contribution in [1.82, 2.24) is 0 Å². The molecule has 0 heterocycles. The molecular formula is C14H16F2O. The van der Waals surface area contributed by atoms with Crippen molar-refractivity contribution < 1.29 is 14.1 Å². The van der Waals surface area contributed by atoms with Crippen LogP contribution < -0.4 is 4.74 Å². The minimum Gasteiger partial charge on any atom is -0.457 e. The first-order chi connectivity index (χ1) is 7.24. The third-order valence-corrected chi connectivity index (χ3v) is 2.28. The maximum atomic E-state index is 5.69. The van der Waals surface area contributed by atoms with E-state index in [0.29, 0.717) is 0 Å². The third kappa shape index (κ3) is 4.23. The van der Waals surface area contributed by atoms with Crippen LogP contribution in [0.3, 0.4) is 0 Å². The van der Waals surface area contributed by atoms with E-state index in [-0.39, 0.29) is 9.41 Å². The minimum absolute atomic E-state index is 0. The van der Waals surface area contributed by atoms with E-state index in [9.17, 15) is 0 Å². The molecule has 0 saturated heterocycles. The van der Waals surface area contributed by atoms with E-state index in [4.69, 9.17) is 4.74 Å². The second-order valence-corrected chi connectivity index (χ2v) is 3.73. The van der Waals surface area contributed by atoms with Crippen molar-refractivity contribution in [3.05, 3.63) is 59.7 Å². The van der Waals surface area contributed by atoms with E-state index < -0.39 is 0 Å². The first-order valence-corrected chi connectivity index (χ1v) is 5.05. The Labute approximate surface area is 99.8 Å². The summed E-state index contributed by atoms with van der Waals surface area (Å²) in [6.45, 7) is 4.13. The number of ether oxygens (including phenoxy) is 1. The van der Waals surface area contributed by atoms with Crippen LogP contribution >= 0.6 is 0 Å². The van der Waals surface area contributed by atoms with Gasteiger partial charge in [-0.15, -0.1) is 0 Å². The van der Waals surface area contributed by atoms with E-state index in [2.05, 4.69) is 13.8 Å². The molecule has 0 spiro atoms. The summed E-state index contributed by atoms with van der Waals surface area (Å²) in [6, 6.07) is 16.1. The molecule has 0 aromatic heterocycles. The molecule has 2 rings (SSSR count). The SMILES string of the molecule is Cc1ccc(Oc2ccc(C)cc2)cc1.F.F. The monoisotopic (exact) mass is 238 g/mol. The average Bonchev–Trinajstić information content (AvgIpc) is 2.25. The zero-order valence-corrected chi connectivity index (χ0v) is 9.84. The molecule has 2 aromatic carbocycles. The van der Waals surface area contributed by atoms with Gasteiger partial charge in [0.2, 0.25) is 0 Å². The molecule has 1 nitrogen and oxygen atoms in total. The predicted octanol–water partition coefficient (Wildman–Crippen LogP) is 4.40. The van der Waals surface area contributed by atoms with Gasteiger partial charge in [-0.2, -0.15) is 0 Å². The smallest absolute Gasteiger partial charge is 0.127 e. The van der Waals surface area contributed by atoms with Gasteiger partial charge >= 0.3 is 0 Å². The Morgan fingerprint density at radius 1 is 0.588 bits per heavy atom. The van der Waals surface area contributed by atoms with Crippen LogP contribution in [0.5, 0.6) is 11.5 Å². The van der Waals surface area contributed by atoms with Crippen molar-refractivity contribution in [2.45, 2.75) is 13.8 Å². The molecule has 0 aliphatic heterocycles. The number of hydrogen-bond donors (Lipinski definition) is 0. The van der Waals surface area contributed by atoms with Gasteiger partial charge in [-0.05, 0) is 38.1 Å². The van der Waals surface area contributed by atoms with Crippen molar-refractivity contribution in [3.8, 4) is 11.5 Å². The van der Waals surface area contributed by atoms with Gasteiger partial charge in [0.1, 0.15) is 11.5 Å². The number of halogens is 2. The van der Waals surface area contributed by atoms with E-state index >= 15 is 0 Å². The summed E-state index contributed by atoms with van der Waals surface area (Å²) in [7, 11) is 0. The number of aryl methyl sites for hydroxylation is 2. The lowest BCUT2D eigenvalue weighted by Crippen LogP contribution is -1.84. The van der Waals surface area contributed by atoms with Gasteiger partial charge in [0.05, 0.1) is 0 Å². The van der Waals surface area contributed by atoms with Crippen LogP contribution in [0.1, 0.15) is 11.1 Å². The Hall–Kier alpha value is -1.90. The van der Waals surface area contributed by atoms with Crippen LogP contribution in [0.4, 0.5) is 9.41 Å². The predicted molar refractivity (Wildman–Crippen MR) is 67.4 cm³/mol. The Bertz CT molecular complexity index is 391. The summed E-state index contributed by atoms with van der Waals surface area (Å²) in [5.74, 6) is 1.76. The highest BCUT2D eigenvalue weighted by atomic mass is 19.0. The van der Waals surface area contributed by atoms with Crippen molar-refractivity contribution in [2.75, 3.05) is 0 Å². The lowest BCUT2D eigenvalue weighted by molar-refractivity contribution is 0.482. The van der Waals surface area contributed by atoms with Crippen LogP contribution in [0.2, 0.25) is 0 Å². The molecule has 17 heavy (non-hydrogen) atoms. The largest absolute Gasteiger partial charge is 0.457 e. The van der Waals surface area contributed by atoms with E-state index in [1.807, 2.05) is 48.5 Å². The Balaban J connectivity index is 0.00000128. The van der Waals surface area contributed by atoms with Crippen LogP contribution in [-0.2, 0) is 0 Å². The van der Waals surface area contributed by atoms with Crippen molar-refractivity contribution >= 4 is 0 Å². The van der Waals surface area contributed by atoms with E-state index in [1.54, 1.807) is 0 Å². The minimum atomic E-state index is 0. The molecular weight excluding hydrogens is 222 g/mol. The molecule has 0 bridgehead atoms. The summed E-state index contributed by atoms with van der Waals surface area (Å²) in [5.41, 5.74) is 2.48. The highest BCUT2D eigenvalue weighted by Gasteiger charge is 1.95. The Kier molecular flexibility index (Phi) is 5.89.